The van der Waals surface area contributed by atoms with Gasteiger partial charge in [0.05, 0.1) is 18.3 Å². The molecule has 2 aromatic rings. The van der Waals surface area contributed by atoms with Crippen molar-refractivity contribution < 1.29 is 9.53 Å². The first kappa shape index (κ1) is 14.2. The summed E-state index contributed by atoms with van der Waals surface area (Å²) >= 11 is 1.44. The van der Waals surface area contributed by atoms with Crippen LogP contribution in [-0.4, -0.2) is 35.2 Å². The first-order valence-corrected chi connectivity index (χ1v) is 7.89. The van der Waals surface area contributed by atoms with Crippen molar-refractivity contribution in [3.05, 3.63) is 28.1 Å². The molecule has 7 heteroatoms. The number of amides is 1. The summed E-state index contributed by atoms with van der Waals surface area (Å²) in [5.41, 5.74) is -0.0850. The molecular formula is C14H17N3O3S. The van der Waals surface area contributed by atoms with Gasteiger partial charge in [0, 0.05) is 32.0 Å². The van der Waals surface area contributed by atoms with Gasteiger partial charge >= 0.3 is 0 Å². The third-order valence-corrected chi connectivity index (χ3v) is 4.46. The maximum absolute atomic E-state index is 12.2. The number of thiophene rings is 1. The molecule has 0 aromatic carbocycles. The quantitative estimate of drug-likeness (QED) is 0.894. The fourth-order valence-electron chi connectivity index (χ4n) is 2.37. The van der Waals surface area contributed by atoms with Gasteiger partial charge in [-0.3, -0.25) is 14.2 Å². The van der Waals surface area contributed by atoms with E-state index in [1.54, 1.807) is 6.07 Å². The molecule has 0 radical (unpaired) electrons. The molecule has 112 valence electrons. The van der Waals surface area contributed by atoms with Crippen molar-refractivity contribution in [1.29, 1.82) is 0 Å². The molecule has 3 rings (SSSR count). The van der Waals surface area contributed by atoms with Gasteiger partial charge in [0.2, 0.25) is 5.91 Å². The molecule has 1 saturated heterocycles. The first-order chi connectivity index (χ1) is 10.2. The molecule has 0 spiro atoms. The molecule has 2 aromatic heterocycles. The molecule has 0 aliphatic carbocycles. The SMILES string of the molecule is O=C(CCn1cnc2sccc2c1=O)NCC1CCOC1. The summed E-state index contributed by atoms with van der Waals surface area (Å²) in [7, 11) is 0. The van der Waals surface area contributed by atoms with Crippen LogP contribution in [0.1, 0.15) is 12.8 Å². The fraction of sp³-hybridized carbons (Fsp3) is 0.500. The van der Waals surface area contributed by atoms with Gasteiger partial charge in [0.15, 0.2) is 0 Å². The second-order valence-electron chi connectivity index (χ2n) is 5.17. The number of nitrogens with one attached hydrogen (secondary N) is 1. The Bertz CT molecular complexity index is 688. The lowest BCUT2D eigenvalue weighted by Crippen LogP contribution is -2.31. The molecule has 1 amide bonds. The summed E-state index contributed by atoms with van der Waals surface area (Å²) in [6.07, 6.45) is 2.79. The van der Waals surface area contributed by atoms with Crippen LogP contribution in [0, 0.1) is 5.92 Å². The van der Waals surface area contributed by atoms with Crippen LogP contribution in [0.5, 0.6) is 0 Å². The number of nitrogens with zero attached hydrogens (tertiary/aromatic N) is 2. The number of carbonyl (C=O) groups excluding carboxylic acids is 1. The van der Waals surface area contributed by atoms with Crippen molar-refractivity contribution in [2.24, 2.45) is 5.92 Å². The third-order valence-electron chi connectivity index (χ3n) is 3.64. The zero-order chi connectivity index (χ0) is 14.7. The highest BCUT2D eigenvalue weighted by molar-refractivity contribution is 7.16. The molecule has 3 heterocycles. The van der Waals surface area contributed by atoms with Gasteiger partial charge in [0.25, 0.3) is 5.56 Å². The minimum atomic E-state index is -0.0850. The van der Waals surface area contributed by atoms with Crippen LogP contribution in [0.4, 0.5) is 0 Å². The molecule has 21 heavy (non-hydrogen) atoms. The molecule has 6 nitrogen and oxygen atoms in total. The van der Waals surface area contributed by atoms with E-state index in [1.807, 2.05) is 5.38 Å². The highest BCUT2D eigenvalue weighted by Gasteiger charge is 2.16. The van der Waals surface area contributed by atoms with Gasteiger partial charge in [-0.25, -0.2) is 4.98 Å². The second-order valence-corrected chi connectivity index (χ2v) is 6.06. The van der Waals surface area contributed by atoms with E-state index < -0.39 is 0 Å². The Morgan fingerprint density at radius 1 is 1.57 bits per heavy atom. The molecule has 1 aliphatic heterocycles. The van der Waals surface area contributed by atoms with E-state index in [0.29, 0.717) is 24.4 Å². The zero-order valence-electron chi connectivity index (χ0n) is 11.6. The van der Waals surface area contributed by atoms with Gasteiger partial charge in [0.1, 0.15) is 4.83 Å². The number of aromatic nitrogens is 2. The van der Waals surface area contributed by atoms with E-state index in [4.69, 9.17) is 4.74 Å². The minimum Gasteiger partial charge on any atom is -0.381 e. The zero-order valence-corrected chi connectivity index (χ0v) is 12.4. The van der Waals surface area contributed by atoms with Crippen molar-refractivity contribution >= 4 is 27.5 Å². The largest absolute Gasteiger partial charge is 0.381 e. The summed E-state index contributed by atoms with van der Waals surface area (Å²) < 4.78 is 6.76. The Balaban J connectivity index is 1.54. The van der Waals surface area contributed by atoms with Crippen molar-refractivity contribution in [2.45, 2.75) is 19.4 Å². The van der Waals surface area contributed by atoms with E-state index in [1.165, 1.54) is 22.2 Å². The van der Waals surface area contributed by atoms with Crippen LogP contribution in [0.15, 0.2) is 22.6 Å². The van der Waals surface area contributed by atoms with Crippen LogP contribution in [-0.2, 0) is 16.1 Å². The van der Waals surface area contributed by atoms with E-state index >= 15 is 0 Å². The number of ether oxygens (including phenoxy) is 1. The smallest absolute Gasteiger partial charge is 0.262 e. The lowest BCUT2D eigenvalue weighted by molar-refractivity contribution is -0.121. The molecule has 1 fully saturated rings. The van der Waals surface area contributed by atoms with Crippen molar-refractivity contribution in [1.82, 2.24) is 14.9 Å². The lowest BCUT2D eigenvalue weighted by Gasteiger charge is -2.10. The molecular weight excluding hydrogens is 290 g/mol. The van der Waals surface area contributed by atoms with E-state index in [0.717, 1.165) is 24.5 Å². The Morgan fingerprint density at radius 3 is 3.29 bits per heavy atom. The molecule has 1 atom stereocenters. The Morgan fingerprint density at radius 2 is 2.48 bits per heavy atom. The number of hydrogen-bond acceptors (Lipinski definition) is 5. The van der Waals surface area contributed by atoms with Gasteiger partial charge in [-0.15, -0.1) is 11.3 Å². The van der Waals surface area contributed by atoms with Crippen LogP contribution in [0.25, 0.3) is 10.2 Å². The maximum atomic E-state index is 12.2. The Kier molecular flexibility index (Phi) is 4.31. The number of fused-ring (bicyclic) bond motifs is 1. The molecule has 0 bridgehead atoms. The summed E-state index contributed by atoms with van der Waals surface area (Å²) in [6, 6.07) is 1.77. The van der Waals surface area contributed by atoms with E-state index in [9.17, 15) is 9.59 Å². The standard InChI is InChI=1S/C14H17N3O3S/c18-12(15-7-10-2-5-20-8-10)1-4-17-9-16-13-11(14(17)19)3-6-21-13/h3,6,9-10H,1-2,4-5,7-8H2,(H,15,18). The lowest BCUT2D eigenvalue weighted by atomic mass is 10.1. The average Bonchev–Trinajstić information content (AvgIpc) is 3.15. The highest BCUT2D eigenvalue weighted by atomic mass is 32.1. The Hall–Kier alpha value is -1.73. The molecule has 1 aliphatic rings. The first-order valence-electron chi connectivity index (χ1n) is 7.01. The summed E-state index contributed by atoms with van der Waals surface area (Å²) in [5.74, 6) is 0.375. The number of carbonyl (C=O) groups is 1. The molecule has 1 unspecified atom stereocenters. The predicted molar refractivity (Wildman–Crippen MR) is 80.4 cm³/mol. The Labute approximate surface area is 125 Å². The van der Waals surface area contributed by atoms with Crippen molar-refractivity contribution in [2.75, 3.05) is 19.8 Å². The topological polar surface area (TPSA) is 73.2 Å². The van der Waals surface area contributed by atoms with E-state index in [2.05, 4.69) is 10.3 Å². The summed E-state index contributed by atoms with van der Waals surface area (Å²) in [4.78, 5) is 28.9. The van der Waals surface area contributed by atoms with Gasteiger partial charge in [-0.2, -0.15) is 0 Å². The predicted octanol–water partition coefficient (Wildman–Crippen LogP) is 1.00. The molecule has 1 N–H and O–H groups in total. The third kappa shape index (κ3) is 3.30. The monoisotopic (exact) mass is 307 g/mol. The summed E-state index contributed by atoms with van der Waals surface area (Å²) in [5, 5.41) is 5.36. The maximum Gasteiger partial charge on any atom is 0.262 e. The second kappa shape index (κ2) is 6.36. The van der Waals surface area contributed by atoms with Gasteiger partial charge in [-0.1, -0.05) is 0 Å². The van der Waals surface area contributed by atoms with Crippen LogP contribution >= 0.6 is 11.3 Å². The average molecular weight is 307 g/mol. The fourth-order valence-corrected chi connectivity index (χ4v) is 3.09. The number of hydrogen-bond donors (Lipinski definition) is 1. The van der Waals surface area contributed by atoms with Crippen LogP contribution < -0.4 is 10.9 Å². The number of rotatable bonds is 5. The van der Waals surface area contributed by atoms with Crippen LogP contribution in [0.2, 0.25) is 0 Å². The normalized spacial score (nSPS) is 18.2. The highest BCUT2D eigenvalue weighted by Crippen LogP contribution is 2.13. The van der Waals surface area contributed by atoms with E-state index in [-0.39, 0.29) is 17.9 Å². The summed E-state index contributed by atoms with van der Waals surface area (Å²) in [6.45, 7) is 2.50. The van der Waals surface area contributed by atoms with Crippen molar-refractivity contribution in [3.63, 3.8) is 0 Å². The minimum absolute atomic E-state index is 0.0424. The van der Waals surface area contributed by atoms with Crippen molar-refractivity contribution in [3.8, 4) is 0 Å². The van der Waals surface area contributed by atoms with Gasteiger partial charge < -0.3 is 10.1 Å². The van der Waals surface area contributed by atoms with Gasteiger partial charge in [-0.05, 0) is 17.9 Å². The van der Waals surface area contributed by atoms with Crippen LogP contribution in [0.3, 0.4) is 0 Å². The number of aryl methyl sites for hydroxylation is 1. The molecule has 0 saturated carbocycles.